The maximum atomic E-state index is 12.8. The van der Waals surface area contributed by atoms with Crippen molar-refractivity contribution in [2.24, 2.45) is 11.8 Å². The van der Waals surface area contributed by atoms with Crippen molar-refractivity contribution >= 4 is 17.9 Å². The van der Waals surface area contributed by atoms with E-state index in [-0.39, 0.29) is 41.6 Å². The van der Waals surface area contributed by atoms with E-state index in [1.54, 1.807) is 18.3 Å². The second kappa shape index (κ2) is 8.08. The lowest BCUT2D eigenvalue weighted by Gasteiger charge is -2.55. The third kappa shape index (κ3) is 2.88. The normalized spacial score (nSPS) is 34.4. The minimum atomic E-state index is -1.97. The van der Waals surface area contributed by atoms with Gasteiger partial charge >= 0.3 is 17.9 Å². The standard InChI is InChI=1S/C27H27NO10/c1-3-17(24(32)33)37-25(34)16(30)10-19(31)36-18-7-8-26(35)22-13-9-12-5-6-15(29)21-20(12)27(26,23(18)38-21)14(13)11-28(22)4-2/h3-7,13-14,16-17,22-23,29-30,35H,1-2,8-11H2,(H,32,33)/t13?,14?,16-,17-,22+,23-,26+,27-/m0/s1. The van der Waals surface area contributed by atoms with Crippen molar-refractivity contribution in [3.05, 3.63) is 60.5 Å². The zero-order chi connectivity index (χ0) is 27.1. The molecule has 0 aromatic heterocycles. The van der Waals surface area contributed by atoms with Crippen LogP contribution in [0.1, 0.15) is 24.0 Å². The van der Waals surface area contributed by atoms with Gasteiger partial charge in [-0.2, -0.15) is 0 Å². The zero-order valence-corrected chi connectivity index (χ0v) is 20.3. The summed E-state index contributed by atoms with van der Waals surface area (Å²) >= 11 is 0. The van der Waals surface area contributed by atoms with E-state index in [0.717, 1.165) is 17.2 Å². The first-order valence-electron chi connectivity index (χ1n) is 12.4. The Morgan fingerprint density at radius 2 is 2.05 bits per heavy atom. The first-order valence-corrected chi connectivity index (χ1v) is 12.4. The SMILES string of the molecule is C=C[C@H](OC(=O)[C@@H](O)CC(=O)OC1=CC[C@@]2(O)[C@H]3C4Cc5ccc(O)c6c5[C@@]2(C4CN3C=C)[C@H]1O6)C(=O)O. The number of ether oxygens (including phenoxy) is 3. The number of benzene rings is 1. The average Bonchev–Trinajstić information content (AvgIpc) is 3.48. The highest BCUT2D eigenvalue weighted by Crippen LogP contribution is 2.73. The summed E-state index contributed by atoms with van der Waals surface area (Å²) in [5.74, 6) is -3.42. The predicted molar refractivity (Wildman–Crippen MR) is 128 cm³/mol. The predicted octanol–water partition coefficient (Wildman–Crippen LogP) is 0.516. The molecule has 2 aliphatic heterocycles. The number of fused-ring (bicyclic) bond motifs is 1. The number of rotatable bonds is 8. The van der Waals surface area contributed by atoms with Gasteiger partial charge in [-0.05, 0) is 48.2 Å². The zero-order valence-electron chi connectivity index (χ0n) is 20.3. The Labute approximate surface area is 217 Å². The van der Waals surface area contributed by atoms with Crippen LogP contribution in [0.3, 0.4) is 0 Å². The molecule has 1 saturated heterocycles. The third-order valence-corrected chi connectivity index (χ3v) is 8.89. The van der Waals surface area contributed by atoms with Gasteiger partial charge in [0.1, 0.15) is 11.4 Å². The van der Waals surface area contributed by atoms with Crippen molar-refractivity contribution in [3.63, 3.8) is 0 Å². The molecular formula is C27H27NO10. The van der Waals surface area contributed by atoms with Crippen LogP contribution in [-0.4, -0.2) is 79.7 Å². The number of phenols is 1. The van der Waals surface area contributed by atoms with E-state index in [1.807, 2.05) is 6.07 Å². The summed E-state index contributed by atoms with van der Waals surface area (Å²) in [6.45, 7) is 7.80. The largest absolute Gasteiger partial charge is 0.504 e. The summed E-state index contributed by atoms with van der Waals surface area (Å²) in [4.78, 5) is 38.0. The van der Waals surface area contributed by atoms with Crippen LogP contribution in [0.4, 0.5) is 0 Å². The van der Waals surface area contributed by atoms with Crippen LogP contribution in [0.25, 0.3) is 0 Å². The van der Waals surface area contributed by atoms with Crippen LogP contribution >= 0.6 is 0 Å². The first-order chi connectivity index (χ1) is 18.1. The first kappa shape index (κ1) is 24.5. The summed E-state index contributed by atoms with van der Waals surface area (Å²) in [6, 6.07) is 3.16. The van der Waals surface area contributed by atoms with E-state index in [9.17, 15) is 29.7 Å². The molecule has 2 fully saturated rings. The molecule has 1 spiro atoms. The Bertz CT molecular complexity index is 1320. The summed E-state index contributed by atoms with van der Waals surface area (Å²) in [6.07, 6.45) is -0.320. The van der Waals surface area contributed by atoms with Gasteiger partial charge in [0.15, 0.2) is 23.7 Å². The van der Waals surface area contributed by atoms with Gasteiger partial charge in [-0.3, -0.25) is 4.79 Å². The summed E-state index contributed by atoms with van der Waals surface area (Å²) in [7, 11) is 0. The fourth-order valence-corrected chi connectivity index (χ4v) is 7.68. The summed E-state index contributed by atoms with van der Waals surface area (Å²) in [5.41, 5.74) is -0.537. The van der Waals surface area contributed by atoms with Crippen LogP contribution in [-0.2, 0) is 35.7 Å². The highest BCUT2D eigenvalue weighted by molar-refractivity contribution is 5.85. The monoisotopic (exact) mass is 525 g/mol. The number of esters is 2. The van der Waals surface area contributed by atoms with Gasteiger partial charge in [0, 0.05) is 18.5 Å². The number of carbonyl (C=O) groups is 3. The molecular weight excluding hydrogens is 498 g/mol. The maximum Gasteiger partial charge on any atom is 0.349 e. The Morgan fingerprint density at radius 3 is 2.74 bits per heavy atom. The van der Waals surface area contributed by atoms with Crippen molar-refractivity contribution in [2.75, 3.05) is 6.54 Å². The Hall–Kier alpha value is -3.83. The number of likely N-dealkylation sites (tertiary alicyclic amines) is 1. The number of phenolic OH excluding ortho intramolecular Hbond substituents is 1. The quantitative estimate of drug-likeness (QED) is 0.276. The van der Waals surface area contributed by atoms with Gasteiger partial charge in [0.05, 0.1) is 17.9 Å². The molecule has 0 radical (unpaired) electrons. The molecule has 8 atom stereocenters. The number of aliphatic hydroxyl groups excluding tert-OH is 1. The van der Waals surface area contributed by atoms with Gasteiger partial charge in [0.25, 0.3) is 0 Å². The molecule has 6 rings (SSSR count). The second-order valence-electron chi connectivity index (χ2n) is 10.5. The van der Waals surface area contributed by atoms with E-state index < -0.39 is 53.7 Å². The molecule has 2 unspecified atom stereocenters. The van der Waals surface area contributed by atoms with Gasteiger partial charge in [-0.15, -0.1) is 0 Å². The lowest BCUT2D eigenvalue weighted by molar-refractivity contribution is -0.169. The fraction of sp³-hybridized carbons (Fsp3) is 0.444. The van der Waals surface area contributed by atoms with Crippen molar-refractivity contribution in [2.45, 2.75) is 54.6 Å². The molecule has 200 valence electrons. The molecule has 0 amide bonds. The summed E-state index contributed by atoms with van der Waals surface area (Å²) in [5, 5.41) is 42.1. The smallest absolute Gasteiger partial charge is 0.349 e. The van der Waals surface area contributed by atoms with Crippen LogP contribution in [0.15, 0.2) is 49.4 Å². The van der Waals surface area contributed by atoms with Crippen molar-refractivity contribution < 1.29 is 49.0 Å². The Balaban J connectivity index is 1.30. The van der Waals surface area contributed by atoms with Crippen LogP contribution in [0.2, 0.25) is 0 Å². The number of carboxylic acid groups (broad SMARTS) is 1. The minimum Gasteiger partial charge on any atom is -0.504 e. The molecule has 2 heterocycles. The average molecular weight is 526 g/mol. The van der Waals surface area contributed by atoms with E-state index in [1.165, 1.54) is 0 Å². The van der Waals surface area contributed by atoms with Crippen molar-refractivity contribution in [1.82, 2.24) is 4.90 Å². The lowest BCUT2D eigenvalue weighted by atomic mass is 9.54. The topological polar surface area (TPSA) is 163 Å². The van der Waals surface area contributed by atoms with Crippen molar-refractivity contribution in [3.8, 4) is 11.5 Å². The number of nitrogens with zero attached hydrogens (tertiary/aromatic N) is 1. The Kier molecular flexibility index (Phi) is 5.21. The number of carboxylic acids is 1. The second-order valence-corrected chi connectivity index (χ2v) is 10.5. The van der Waals surface area contributed by atoms with Crippen LogP contribution in [0, 0.1) is 11.8 Å². The molecule has 1 aromatic rings. The number of aliphatic hydroxyl groups is 2. The highest BCUT2D eigenvalue weighted by Gasteiger charge is 2.82. The van der Waals surface area contributed by atoms with E-state index in [2.05, 4.69) is 22.8 Å². The third-order valence-electron chi connectivity index (χ3n) is 8.89. The maximum absolute atomic E-state index is 12.8. The molecule has 3 aliphatic carbocycles. The highest BCUT2D eigenvalue weighted by atomic mass is 16.6. The number of piperidine rings is 1. The lowest BCUT2D eigenvalue weighted by Crippen LogP contribution is -2.68. The number of aliphatic carboxylic acids is 1. The van der Waals surface area contributed by atoms with Crippen LogP contribution < -0.4 is 4.74 Å². The molecule has 11 nitrogen and oxygen atoms in total. The van der Waals surface area contributed by atoms with Gasteiger partial charge < -0.3 is 39.5 Å². The van der Waals surface area contributed by atoms with E-state index >= 15 is 0 Å². The van der Waals surface area contributed by atoms with E-state index in [0.29, 0.717) is 13.0 Å². The Morgan fingerprint density at radius 1 is 1.29 bits per heavy atom. The molecule has 1 saturated carbocycles. The molecule has 1 aromatic carbocycles. The molecule has 5 aliphatic rings. The minimum absolute atomic E-state index is 0.0640. The van der Waals surface area contributed by atoms with Gasteiger partial charge in [0.2, 0.25) is 6.10 Å². The summed E-state index contributed by atoms with van der Waals surface area (Å²) < 4.78 is 16.5. The molecule has 11 heteroatoms. The molecule has 38 heavy (non-hydrogen) atoms. The van der Waals surface area contributed by atoms with Gasteiger partial charge in [-0.1, -0.05) is 19.2 Å². The number of hydrogen-bond donors (Lipinski definition) is 4. The number of hydrogen-bond acceptors (Lipinski definition) is 10. The molecule has 4 N–H and O–H groups in total. The molecule has 4 bridgehead atoms. The fourth-order valence-electron chi connectivity index (χ4n) is 7.68. The van der Waals surface area contributed by atoms with Crippen LogP contribution in [0.5, 0.6) is 11.5 Å². The van der Waals surface area contributed by atoms with Gasteiger partial charge in [-0.25, -0.2) is 9.59 Å². The van der Waals surface area contributed by atoms with Crippen molar-refractivity contribution in [1.29, 1.82) is 0 Å². The van der Waals surface area contributed by atoms with E-state index in [4.69, 9.17) is 14.6 Å². The number of carbonyl (C=O) groups excluding carboxylic acids is 2. The number of aromatic hydroxyl groups is 1.